The lowest BCUT2D eigenvalue weighted by Crippen LogP contribution is -2.46. The zero-order chi connectivity index (χ0) is 31.7. The molecule has 3 heterocycles. The van der Waals surface area contributed by atoms with Crippen molar-refractivity contribution in [3.63, 3.8) is 0 Å². The van der Waals surface area contributed by atoms with Crippen LogP contribution in [0.2, 0.25) is 0 Å². The second kappa shape index (κ2) is 15.4. The SMILES string of the molecule is COc1cccc(CN2CCC(CCC(=O)c3ccc(N4CCN(CCCCc5c[nH]c6ccc(C#N)cc56)CC4)cc3)CC2)c1. The molecule has 240 valence electrons. The number of aryl methyl sites for hydroxylation is 1. The largest absolute Gasteiger partial charge is 0.497 e. The van der Waals surface area contributed by atoms with Gasteiger partial charge in [0.1, 0.15) is 5.75 Å². The highest BCUT2D eigenvalue weighted by atomic mass is 16.5. The number of unbranched alkanes of at least 4 members (excludes halogenated alkanes) is 1. The van der Waals surface area contributed by atoms with E-state index in [9.17, 15) is 10.1 Å². The molecule has 1 aromatic heterocycles. The minimum absolute atomic E-state index is 0.272. The van der Waals surface area contributed by atoms with E-state index >= 15 is 0 Å². The molecule has 6 rings (SSSR count). The molecule has 2 aliphatic heterocycles. The van der Waals surface area contributed by atoms with Gasteiger partial charge < -0.3 is 14.6 Å². The summed E-state index contributed by atoms with van der Waals surface area (Å²) in [6.45, 7) is 8.43. The molecule has 2 saturated heterocycles. The van der Waals surface area contributed by atoms with E-state index < -0.39 is 0 Å². The molecule has 0 saturated carbocycles. The van der Waals surface area contributed by atoms with E-state index in [4.69, 9.17) is 4.74 Å². The van der Waals surface area contributed by atoms with E-state index in [1.54, 1.807) is 7.11 Å². The lowest BCUT2D eigenvalue weighted by molar-refractivity contribution is 0.0961. The van der Waals surface area contributed by atoms with E-state index in [-0.39, 0.29) is 5.78 Å². The van der Waals surface area contributed by atoms with E-state index in [0.717, 1.165) is 107 Å². The highest BCUT2D eigenvalue weighted by Crippen LogP contribution is 2.26. The number of benzene rings is 3. The number of rotatable bonds is 13. The average Bonchev–Trinajstić information content (AvgIpc) is 3.52. The van der Waals surface area contributed by atoms with Crippen molar-refractivity contribution >= 4 is 22.4 Å². The van der Waals surface area contributed by atoms with Gasteiger partial charge in [-0.1, -0.05) is 12.1 Å². The van der Waals surface area contributed by atoms with E-state index in [1.165, 1.54) is 28.6 Å². The number of ketones is 1. The van der Waals surface area contributed by atoms with E-state index in [0.29, 0.717) is 12.3 Å². The number of Topliss-reactive ketones (excluding diaryl/α,β-unsaturated/α-hetero) is 1. The zero-order valence-corrected chi connectivity index (χ0v) is 27.2. The molecule has 0 spiro atoms. The van der Waals surface area contributed by atoms with Gasteiger partial charge in [-0.15, -0.1) is 0 Å². The van der Waals surface area contributed by atoms with Crippen LogP contribution in [-0.4, -0.2) is 73.5 Å². The van der Waals surface area contributed by atoms with E-state index in [2.05, 4.69) is 62.3 Å². The minimum atomic E-state index is 0.272. The number of nitrogens with one attached hydrogen (secondary N) is 1. The molecule has 1 N–H and O–H groups in total. The number of H-pyrrole nitrogens is 1. The summed E-state index contributed by atoms with van der Waals surface area (Å²) < 4.78 is 5.37. The Hall–Kier alpha value is -4.12. The molecular formula is C39H47N5O2. The predicted molar refractivity (Wildman–Crippen MR) is 186 cm³/mol. The number of carbonyl (C=O) groups excluding carboxylic acids is 1. The first kappa shape index (κ1) is 31.8. The zero-order valence-electron chi connectivity index (χ0n) is 27.2. The Bertz CT molecular complexity index is 1620. The van der Waals surface area contributed by atoms with Crippen LogP contribution in [0.15, 0.2) is 72.9 Å². The standard InChI is InChI=1S/C39H47N5O2/c1-46-36-7-4-5-32(25-36)29-43-19-16-30(17-20-43)9-15-39(45)33-10-12-35(13-11-33)44-23-21-42(22-24-44)18-3-2-6-34-28-41-38-14-8-31(27-40)26-37(34)38/h4-5,7-8,10-14,25-26,28,30,41H,2-3,6,9,15-24,29H2,1H3. The number of aromatic nitrogens is 1. The topological polar surface area (TPSA) is 75.6 Å². The Balaban J connectivity index is 0.871. The molecule has 0 bridgehead atoms. The predicted octanol–water partition coefficient (Wildman–Crippen LogP) is 7.07. The first-order chi connectivity index (χ1) is 22.6. The third-order valence-electron chi connectivity index (χ3n) is 10.0. The Morgan fingerprint density at radius 2 is 1.74 bits per heavy atom. The van der Waals surface area contributed by atoms with Gasteiger partial charge in [0.25, 0.3) is 0 Å². The number of nitriles is 1. The van der Waals surface area contributed by atoms with Gasteiger partial charge in [-0.3, -0.25) is 14.6 Å². The molecule has 0 aliphatic carbocycles. The summed E-state index contributed by atoms with van der Waals surface area (Å²) in [5, 5.41) is 10.4. The van der Waals surface area contributed by atoms with Crippen LogP contribution in [0.4, 0.5) is 5.69 Å². The number of hydrogen-bond acceptors (Lipinski definition) is 6. The van der Waals surface area contributed by atoms with Gasteiger partial charge in [0, 0.05) is 67.5 Å². The van der Waals surface area contributed by atoms with Gasteiger partial charge in [0.05, 0.1) is 18.7 Å². The maximum Gasteiger partial charge on any atom is 0.162 e. The minimum Gasteiger partial charge on any atom is -0.497 e. The summed E-state index contributed by atoms with van der Waals surface area (Å²) in [6.07, 6.45) is 9.39. The third-order valence-corrected chi connectivity index (χ3v) is 10.0. The van der Waals surface area contributed by atoms with Crippen LogP contribution >= 0.6 is 0 Å². The molecular weight excluding hydrogens is 570 g/mol. The molecule has 2 aliphatic rings. The summed E-state index contributed by atoms with van der Waals surface area (Å²) in [6, 6.07) is 24.8. The quantitative estimate of drug-likeness (QED) is 0.128. The Morgan fingerprint density at radius 1 is 0.935 bits per heavy atom. The van der Waals surface area contributed by atoms with Gasteiger partial charge in [-0.2, -0.15) is 5.26 Å². The molecule has 7 nitrogen and oxygen atoms in total. The molecule has 3 aromatic carbocycles. The lowest BCUT2D eigenvalue weighted by atomic mass is 9.90. The van der Waals surface area contributed by atoms with Crippen LogP contribution in [0.25, 0.3) is 10.9 Å². The number of hydrogen-bond donors (Lipinski definition) is 1. The van der Waals surface area contributed by atoms with Crippen molar-refractivity contribution in [1.82, 2.24) is 14.8 Å². The van der Waals surface area contributed by atoms with Crippen LogP contribution in [0.3, 0.4) is 0 Å². The summed E-state index contributed by atoms with van der Waals surface area (Å²) in [5.74, 6) is 1.82. The number of fused-ring (bicyclic) bond motifs is 1. The summed E-state index contributed by atoms with van der Waals surface area (Å²) in [4.78, 5) is 23.9. The number of likely N-dealkylation sites (tertiary alicyclic amines) is 1. The number of nitrogens with zero attached hydrogens (tertiary/aromatic N) is 4. The molecule has 0 radical (unpaired) electrons. The van der Waals surface area contributed by atoms with Crippen molar-refractivity contribution < 1.29 is 9.53 Å². The lowest BCUT2D eigenvalue weighted by Gasteiger charge is -2.36. The van der Waals surface area contributed by atoms with Crippen molar-refractivity contribution in [3.8, 4) is 11.8 Å². The van der Waals surface area contributed by atoms with Crippen LogP contribution in [-0.2, 0) is 13.0 Å². The van der Waals surface area contributed by atoms with Crippen molar-refractivity contribution in [3.05, 3.63) is 95.2 Å². The number of anilines is 1. The highest BCUT2D eigenvalue weighted by molar-refractivity contribution is 5.96. The molecule has 4 aromatic rings. The fraction of sp³-hybridized carbons (Fsp3) is 0.436. The van der Waals surface area contributed by atoms with Gasteiger partial charge in [0.2, 0.25) is 0 Å². The molecule has 2 fully saturated rings. The number of methoxy groups -OCH3 is 1. The Morgan fingerprint density at radius 3 is 2.50 bits per heavy atom. The highest BCUT2D eigenvalue weighted by Gasteiger charge is 2.21. The summed E-state index contributed by atoms with van der Waals surface area (Å²) in [7, 11) is 1.72. The fourth-order valence-electron chi connectivity index (χ4n) is 7.14. The van der Waals surface area contributed by atoms with Gasteiger partial charge in [-0.25, -0.2) is 0 Å². The number of piperazine rings is 1. The normalized spacial score (nSPS) is 16.5. The van der Waals surface area contributed by atoms with Crippen molar-refractivity contribution in [2.45, 2.75) is 51.5 Å². The molecule has 46 heavy (non-hydrogen) atoms. The van der Waals surface area contributed by atoms with Crippen molar-refractivity contribution in [2.75, 3.05) is 57.8 Å². The summed E-state index contributed by atoms with van der Waals surface area (Å²) >= 11 is 0. The number of aromatic amines is 1. The number of carbonyl (C=O) groups is 1. The molecule has 0 atom stereocenters. The second-order valence-corrected chi connectivity index (χ2v) is 13.1. The van der Waals surface area contributed by atoms with Gasteiger partial charge in [-0.05, 0) is 130 Å². The first-order valence-corrected chi connectivity index (χ1v) is 17.0. The smallest absolute Gasteiger partial charge is 0.162 e. The van der Waals surface area contributed by atoms with Crippen LogP contribution in [0.5, 0.6) is 5.75 Å². The van der Waals surface area contributed by atoms with Gasteiger partial charge >= 0.3 is 0 Å². The van der Waals surface area contributed by atoms with Crippen LogP contribution in [0, 0.1) is 17.2 Å². The van der Waals surface area contributed by atoms with Crippen LogP contribution < -0.4 is 9.64 Å². The van der Waals surface area contributed by atoms with Gasteiger partial charge in [0.15, 0.2) is 5.78 Å². The van der Waals surface area contributed by atoms with E-state index in [1.807, 2.05) is 36.4 Å². The molecule has 7 heteroatoms. The second-order valence-electron chi connectivity index (χ2n) is 13.1. The van der Waals surface area contributed by atoms with Crippen molar-refractivity contribution in [2.24, 2.45) is 5.92 Å². The summed E-state index contributed by atoms with van der Waals surface area (Å²) in [5.41, 5.74) is 6.49. The fourth-order valence-corrected chi connectivity index (χ4v) is 7.14. The maximum absolute atomic E-state index is 13.0. The molecule has 0 amide bonds. The average molecular weight is 618 g/mol. The number of piperidine rings is 1. The maximum atomic E-state index is 13.0. The molecule has 0 unspecified atom stereocenters. The van der Waals surface area contributed by atoms with Crippen molar-refractivity contribution in [1.29, 1.82) is 5.26 Å². The first-order valence-electron chi connectivity index (χ1n) is 17.0. The Kier molecular flexibility index (Phi) is 10.7. The Labute approximate surface area is 273 Å². The number of ether oxygens (including phenoxy) is 1. The third kappa shape index (κ3) is 8.17. The monoisotopic (exact) mass is 617 g/mol. The van der Waals surface area contributed by atoms with Crippen LogP contribution in [0.1, 0.15) is 65.6 Å².